The second-order valence-electron chi connectivity index (χ2n) is 3.72. The van der Waals surface area contributed by atoms with E-state index in [1.165, 1.54) is 11.1 Å². The van der Waals surface area contributed by atoms with E-state index in [-0.39, 0.29) is 0 Å². The highest BCUT2D eigenvalue weighted by Crippen LogP contribution is 2.32. The van der Waals surface area contributed by atoms with Crippen LogP contribution in [0.4, 0.5) is 0 Å². The molecule has 0 spiro atoms. The number of hydrogen-bond donors (Lipinski definition) is 0. The highest BCUT2D eigenvalue weighted by atomic mass is 32.2. The van der Waals surface area contributed by atoms with Gasteiger partial charge in [0, 0.05) is 10.1 Å². The van der Waals surface area contributed by atoms with Gasteiger partial charge in [-0.3, -0.25) is 4.21 Å². The minimum absolute atomic E-state index is 0.444. The largest absolute Gasteiger partial charge is 0.254 e. The zero-order valence-corrected chi connectivity index (χ0v) is 8.86. The minimum Gasteiger partial charge on any atom is -0.254 e. The third-order valence-electron chi connectivity index (χ3n) is 2.44. The van der Waals surface area contributed by atoms with Crippen LogP contribution in [0.1, 0.15) is 24.0 Å². The molecule has 0 aromatic heterocycles. The molecule has 0 bridgehead atoms. The quantitative estimate of drug-likeness (QED) is 0.707. The number of benzene rings is 1. The first-order valence-corrected chi connectivity index (χ1v) is 5.88. The Kier molecular flexibility index (Phi) is 2.24. The summed E-state index contributed by atoms with van der Waals surface area (Å²) in [5.74, 6) is 0. The fourth-order valence-electron chi connectivity index (χ4n) is 1.57. The van der Waals surface area contributed by atoms with E-state index in [0.29, 0.717) is 5.25 Å². The van der Waals surface area contributed by atoms with Gasteiger partial charge in [-0.1, -0.05) is 18.2 Å². The van der Waals surface area contributed by atoms with Crippen LogP contribution in [-0.2, 0) is 10.8 Å². The van der Waals surface area contributed by atoms with Crippen molar-refractivity contribution in [3.63, 3.8) is 0 Å². The van der Waals surface area contributed by atoms with Gasteiger partial charge < -0.3 is 0 Å². The summed E-state index contributed by atoms with van der Waals surface area (Å²) >= 11 is 0. The molecule has 1 nitrogen and oxygen atoms in total. The van der Waals surface area contributed by atoms with Crippen molar-refractivity contribution in [1.82, 2.24) is 0 Å². The molecule has 2 rings (SSSR count). The molecule has 1 aliphatic rings. The van der Waals surface area contributed by atoms with Gasteiger partial charge in [-0.15, -0.1) is 0 Å². The lowest BCUT2D eigenvalue weighted by Gasteiger charge is -2.07. The maximum Gasteiger partial charge on any atom is 0.0566 e. The Morgan fingerprint density at radius 3 is 2.23 bits per heavy atom. The number of rotatable bonds is 2. The Bertz CT molecular complexity index is 333. The van der Waals surface area contributed by atoms with Crippen LogP contribution in [-0.4, -0.2) is 9.46 Å². The summed E-state index contributed by atoms with van der Waals surface area (Å²) in [6.07, 6.45) is 2.28. The van der Waals surface area contributed by atoms with Crippen LogP contribution < -0.4 is 0 Å². The van der Waals surface area contributed by atoms with Gasteiger partial charge in [0.15, 0.2) is 0 Å². The van der Waals surface area contributed by atoms with Crippen LogP contribution in [0.25, 0.3) is 0 Å². The molecule has 0 N–H and O–H groups in total. The molecule has 2 heteroatoms. The summed E-state index contributed by atoms with van der Waals surface area (Å²) in [6.45, 7) is 4.09. The highest BCUT2D eigenvalue weighted by Gasteiger charge is 2.30. The van der Waals surface area contributed by atoms with Crippen molar-refractivity contribution in [3.05, 3.63) is 29.3 Å². The summed E-state index contributed by atoms with van der Waals surface area (Å²) in [7, 11) is -0.747. The molecule has 1 unspecified atom stereocenters. The molecular formula is C11H14OS. The van der Waals surface area contributed by atoms with Crippen molar-refractivity contribution in [3.8, 4) is 0 Å². The summed E-state index contributed by atoms with van der Waals surface area (Å²) in [5.41, 5.74) is 2.34. The van der Waals surface area contributed by atoms with Crippen LogP contribution in [0.15, 0.2) is 23.1 Å². The van der Waals surface area contributed by atoms with Crippen molar-refractivity contribution < 1.29 is 4.21 Å². The Hall–Kier alpha value is -0.630. The molecule has 70 valence electrons. The molecule has 1 aromatic rings. The first-order chi connectivity index (χ1) is 6.20. The molecule has 0 radical (unpaired) electrons. The fraction of sp³-hybridized carbons (Fsp3) is 0.455. The molecular weight excluding hydrogens is 180 g/mol. The minimum atomic E-state index is -0.747. The summed E-state index contributed by atoms with van der Waals surface area (Å²) in [5, 5.41) is 0.444. The SMILES string of the molecule is Cc1cccc(C)c1S(=O)C1CC1. The third-order valence-corrected chi connectivity index (χ3v) is 4.56. The molecule has 0 heterocycles. The molecule has 0 aliphatic heterocycles. The second-order valence-corrected chi connectivity index (χ2v) is 5.39. The maximum atomic E-state index is 12.0. The molecule has 1 aliphatic carbocycles. The van der Waals surface area contributed by atoms with E-state index in [0.717, 1.165) is 17.7 Å². The van der Waals surface area contributed by atoms with Crippen molar-refractivity contribution in [2.75, 3.05) is 0 Å². The number of aryl methyl sites for hydroxylation is 2. The Morgan fingerprint density at radius 2 is 1.77 bits per heavy atom. The van der Waals surface area contributed by atoms with Gasteiger partial charge in [-0.05, 0) is 37.8 Å². The van der Waals surface area contributed by atoms with Gasteiger partial charge in [0.25, 0.3) is 0 Å². The maximum absolute atomic E-state index is 12.0. The monoisotopic (exact) mass is 194 g/mol. The van der Waals surface area contributed by atoms with E-state index in [4.69, 9.17) is 0 Å². The van der Waals surface area contributed by atoms with Crippen molar-refractivity contribution in [1.29, 1.82) is 0 Å². The van der Waals surface area contributed by atoms with Crippen LogP contribution in [0.2, 0.25) is 0 Å². The fourth-order valence-corrected chi connectivity index (χ4v) is 3.23. The highest BCUT2D eigenvalue weighted by molar-refractivity contribution is 7.86. The normalized spacial score (nSPS) is 18.6. The zero-order valence-electron chi connectivity index (χ0n) is 8.04. The molecule has 0 saturated heterocycles. The molecule has 0 amide bonds. The summed E-state index contributed by atoms with van der Waals surface area (Å²) < 4.78 is 12.0. The van der Waals surface area contributed by atoms with Crippen LogP contribution in [0.5, 0.6) is 0 Å². The standard InChI is InChI=1S/C11H14OS/c1-8-4-3-5-9(2)11(8)13(12)10-6-7-10/h3-5,10H,6-7H2,1-2H3. The Labute approximate surface area is 81.6 Å². The molecule has 1 atom stereocenters. The predicted molar refractivity (Wildman–Crippen MR) is 55.3 cm³/mol. The molecule has 13 heavy (non-hydrogen) atoms. The van der Waals surface area contributed by atoms with E-state index in [9.17, 15) is 4.21 Å². The van der Waals surface area contributed by atoms with Crippen LogP contribution in [0.3, 0.4) is 0 Å². The lowest BCUT2D eigenvalue weighted by molar-refractivity contribution is 0.681. The van der Waals surface area contributed by atoms with Gasteiger partial charge in [0.05, 0.1) is 10.8 Å². The molecule has 1 aromatic carbocycles. The van der Waals surface area contributed by atoms with E-state index in [1.54, 1.807) is 0 Å². The topological polar surface area (TPSA) is 17.1 Å². The summed E-state index contributed by atoms with van der Waals surface area (Å²) in [4.78, 5) is 1.07. The summed E-state index contributed by atoms with van der Waals surface area (Å²) in [6, 6.07) is 6.11. The van der Waals surface area contributed by atoms with Gasteiger partial charge in [-0.25, -0.2) is 0 Å². The second kappa shape index (κ2) is 3.26. The lowest BCUT2D eigenvalue weighted by Crippen LogP contribution is -2.02. The van der Waals surface area contributed by atoms with Crippen LogP contribution in [0, 0.1) is 13.8 Å². The number of hydrogen-bond acceptors (Lipinski definition) is 1. The molecule has 1 fully saturated rings. The predicted octanol–water partition coefficient (Wildman–Crippen LogP) is 2.57. The molecule has 1 saturated carbocycles. The van der Waals surface area contributed by atoms with Crippen molar-refractivity contribution >= 4 is 10.8 Å². The average Bonchev–Trinajstić information content (AvgIpc) is 2.85. The smallest absolute Gasteiger partial charge is 0.0566 e. The van der Waals surface area contributed by atoms with E-state index in [1.807, 2.05) is 32.0 Å². The van der Waals surface area contributed by atoms with Crippen molar-refractivity contribution in [2.45, 2.75) is 36.8 Å². The van der Waals surface area contributed by atoms with Crippen LogP contribution >= 0.6 is 0 Å². The lowest BCUT2D eigenvalue weighted by atomic mass is 10.2. The van der Waals surface area contributed by atoms with Gasteiger partial charge in [0.1, 0.15) is 0 Å². The first kappa shape index (κ1) is 8.95. The zero-order chi connectivity index (χ0) is 9.42. The van der Waals surface area contributed by atoms with Gasteiger partial charge >= 0.3 is 0 Å². The first-order valence-electron chi connectivity index (χ1n) is 4.67. The van der Waals surface area contributed by atoms with E-state index >= 15 is 0 Å². The van der Waals surface area contributed by atoms with E-state index in [2.05, 4.69) is 0 Å². The third kappa shape index (κ3) is 1.68. The van der Waals surface area contributed by atoms with Gasteiger partial charge in [0.2, 0.25) is 0 Å². The Morgan fingerprint density at radius 1 is 1.23 bits per heavy atom. The van der Waals surface area contributed by atoms with E-state index < -0.39 is 10.8 Å². The van der Waals surface area contributed by atoms with Gasteiger partial charge in [-0.2, -0.15) is 0 Å². The van der Waals surface area contributed by atoms with Crippen molar-refractivity contribution in [2.24, 2.45) is 0 Å². The Balaban J connectivity index is 2.42. The average molecular weight is 194 g/mol.